The number of anilines is 1. The number of nitrogens with zero attached hydrogens (tertiary/aromatic N) is 1. The van der Waals surface area contributed by atoms with E-state index in [4.69, 9.17) is 32.7 Å². The number of carbonyl (C=O) groups is 1. The molecule has 0 atom stereocenters. The molecule has 0 fully saturated rings. The lowest BCUT2D eigenvalue weighted by atomic mass is 10.1. The Kier molecular flexibility index (Phi) is 9.00. The number of rotatable bonds is 8. The van der Waals surface area contributed by atoms with E-state index in [0.29, 0.717) is 50.5 Å². The summed E-state index contributed by atoms with van der Waals surface area (Å²) in [6.45, 7) is 4.47. The molecule has 0 aromatic heterocycles. The fourth-order valence-electron chi connectivity index (χ4n) is 2.96. The van der Waals surface area contributed by atoms with Crippen LogP contribution >= 0.6 is 39.1 Å². The number of carbonyl (C=O) groups excluding carboxylic acids is 1. The van der Waals surface area contributed by atoms with Crippen LogP contribution in [0.5, 0.6) is 11.5 Å². The third kappa shape index (κ3) is 6.77. The zero-order valence-electron chi connectivity index (χ0n) is 18.5. The second-order valence-electron chi connectivity index (χ2n) is 7.26. The molecule has 0 spiro atoms. The highest BCUT2D eigenvalue weighted by Crippen LogP contribution is 2.35. The van der Waals surface area contributed by atoms with E-state index in [1.54, 1.807) is 42.5 Å². The van der Waals surface area contributed by atoms with Crippen LogP contribution in [0.3, 0.4) is 0 Å². The van der Waals surface area contributed by atoms with E-state index in [1.807, 2.05) is 32.0 Å². The van der Waals surface area contributed by atoms with Gasteiger partial charge in [0.25, 0.3) is 5.91 Å². The lowest BCUT2D eigenvalue weighted by Gasteiger charge is -2.14. The summed E-state index contributed by atoms with van der Waals surface area (Å²) in [6.07, 6.45) is 1.49. The summed E-state index contributed by atoms with van der Waals surface area (Å²) in [4.78, 5) is 12.7. The van der Waals surface area contributed by atoms with Gasteiger partial charge in [0.1, 0.15) is 18.2 Å². The summed E-state index contributed by atoms with van der Waals surface area (Å²) in [5.41, 5.74) is 2.86. The van der Waals surface area contributed by atoms with Gasteiger partial charge in [-0.1, -0.05) is 57.3 Å². The molecule has 0 unspecified atom stereocenters. The van der Waals surface area contributed by atoms with Crippen LogP contribution in [0.2, 0.25) is 10.0 Å². The number of amides is 1. The van der Waals surface area contributed by atoms with Gasteiger partial charge in [0.15, 0.2) is 11.5 Å². The van der Waals surface area contributed by atoms with Gasteiger partial charge in [-0.15, -0.1) is 0 Å². The van der Waals surface area contributed by atoms with E-state index in [9.17, 15) is 10.1 Å². The van der Waals surface area contributed by atoms with E-state index in [-0.39, 0.29) is 5.57 Å². The average Bonchev–Trinajstić information content (AvgIpc) is 2.81. The Bertz CT molecular complexity index is 1270. The molecule has 1 N–H and O–H groups in total. The molecule has 0 radical (unpaired) electrons. The topological polar surface area (TPSA) is 71.3 Å². The van der Waals surface area contributed by atoms with E-state index >= 15 is 0 Å². The van der Waals surface area contributed by atoms with Crippen LogP contribution in [0.15, 0.2) is 64.6 Å². The highest BCUT2D eigenvalue weighted by atomic mass is 79.9. The van der Waals surface area contributed by atoms with Crippen molar-refractivity contribution in [3.05, 3.63) is 91.4 Å². The van der Waals surface area contributed by atoms with Gasteiger partial charge >= 0.3 is 0 Å². The maximum atomic E-state index is 12.7. The maximum Gasteiger partial charge on any atom is 0.266 e. The summed E-state index contributed by atoms with van der Waals surface area (Å²) in [6, 6.07) is 17.9. The Morgan fingerprint density at radius 3 is 2.44 bits per heavy atom. The van der Waals surface area contributed by atoms with Gasteiger partial charge in [-0.3, -0.25) is 4.79 Å². The first kappa shape index (κ1) is 25.6. The van der Waals surface area contributed by atoms with Gasteiger partial charge in [0, 0.05) is 20.2 Å². The third-order valence-electron chi connectivity index (χ3n) is 4.77. The van der Waals surface area contributed by atoms with Crippen molar-refractivity contribution in [3.8, 4) is 17.6 Å². The number of benzene rings is 3. The minimum atomic E-state index is -0.546. The van der Waals surface area contributed by atoms with Crippen molar-refractivity contribution in [1.82, 2.24) is 0 Å². The second kappa shape index (κ2) is 11.9. The summed E-state index contributed by atoms with van der Waals surface area (Å²) >= 11 is 15.6. The Hall–Kier alpha value is -2.98. The maximum absolute atomic E-state index is 12.7. The number of hydrogen-bond acceptors (Lipinski definition) is 4. The number of aryl methyl sites for hydroxylation is 1. The molecule has 174 valence electrons. The molecule has 5 nitrogen and oxygen atoms in total. The molecule has 0 aliphatic heterocycles. The Morgan fingerprint density at radius 2 is 1.79 bits per heavy atom. The molecule has 1 amide bonds. The summed E-state index contributed by atoms with van der Waals surface area (Å²) in [5, 5.41) is 13.5. The normalized spacial score (nSPS) is 11.0. The Labute approximate surface area is 217 Å². The van der Waals surface area contributed by atoms with Crippen LogP contribution < -0.4 is 14.8 Å². The van der Waals surface area contributed by atoms with Gasteiger partial charge in [0.2, 0.25) is 0 Å². The van der Waals surface area contributed by atoms with Crippen molar-refractivity contribution < 1.29 is 14.3 Å². The van der Waals surface area contributed by atoms with Crippen LogP contribution in [0, 0.1) is 18.3 Å². The molecule has 3 aromatic rings. The number of nitrogens with one attached hydrogen (secondary N) is 1. The fourth-order valence-corrected chi connectivity index (χ4v) is 3.70. The standard InChI is InChI=1S/C26H21BrCl2N2O3/c1-3-33-24-11-18(22(27)13-25(24)34-15-17-5-7-20(28)8-6-17)10-19(14-30)26(32)31-21-9-4-16(2)23(29)12-21/h4-13H,3,15H2,1-2H3,(H,31,32)/b19-10-. The van der Waals surface area contributed by atoms with E-state index in [2.05, 4.69) is 21.2 Å². The highest BCUT2D eigenvalue weighted by Gasteiger charge is 2.15. The molecular weight excluding hydrogens is 539 g/mol. The first-order valence-corrected chi connectivity index (χ1v) is 11.9. The minimum Gasteiger partial charge on any atom is -0.490 e. The quantitative estimate of drug-likeness (QED) is 0.228. The number of halogens is 3. The van der Waals surface area contributed by atoms with Gasteiger partial charge in [-0.25, -0.2) is 0 Å². The van der Waals surface area contributed by atoms with Gasteiger partial charge in [-0.05, 0) is 73.0 Å². The summed E-state index contributed by atoms with van der Waals surface area (Å²) in [7, 11) is 0. The average molecular weight is 560 g/mol. The predicted octanol–water partition coefficient (Wildman–Crippen LogP) is 7.59. The Morgan fingerprint density at radius 1 is 1.09 bits per heavy atom. The lowest BCUT2D eigenvalue weighted by Crippen LogP contribution is -2.13. The molecule has 0 heterocycles. The van der Waals surface area contributed by atoms with Crippen molar-refractivity contribution in [2.45, 2.75) is 20.5 Å². The largest absolute Gasteiger partial charge is 0.490 e. The van der Waals surface area contributed by atoms with Gasteiger partial charge in [0.05, 0.1) is 6.61 Å². The van der Waals surface area contributed by atoms with E-state index in [1.165, 1.54) is 6.08 Å². The first-order chi connectivity index (χ1) is 16.3. The first-order valence-electron chi connectivity index (χ1n) is 10.3. The molecule has 0 aliphatic carbocycles. The molecule has 8 heteroatoms. The van der Waals surface area contributed by atoms with Gasteiger partial charge < -0.3 is 14.8 Å². The van der Waals surface area contributed by atoms with Crippen molar-refractivity contribution in [2.24, 2.45) is 0 Å². The Balaban J connectivity index is 1.84. The lowest BCUT2D eigenvalue weighted by molar-refractivity contribution is -0.112. The number of ether oxygens (including phenoxy) is 2. The zero-order valence-corrected chi connectivity index (χ0v) is 21.6. The summed E-state index contributed by atoms with van der Waals surface area (Å²) < 4.78 is 12.3. The van der Waals surface area contributed by atoms with Crippen LogP contribution in [-0.2, 0) is 11.4 Å². The van der Waals surface area contributed by atoms with E-state index in [0.717, 1.165) is 11.1 Å². The smallest absolute Gasteiger partial charge is 0.266 e. The molecule has 0 aliphatic rings. The summed E-state index contributed by atoms with van der Waals surface area (Å²) in [5.74, 6) is 0.474. The number of nitriles is 1. The monoisotopic (exact) mass is 558 g/mol. The van der Waals surface area contributed by atoms with Gasteiger partial charge in [-0.2, -0.15) is 5.26 Å². The predicted molar refractivity (Wildman–Crippen MR) is 140 cm³/mol. The van der Waals surface area contributed by atoms with Crippen LogP contribution in [0.4, 0.5) is 5.69 Å². The molecule has 3 aromatic carbocycles. The molecule has 0 saturated heterocycles. The van der Waals surface area contributed by atoms with Crippen LogP contribution in [-0.4, -0.2) is 12.5 Å². The molecule has 34 heavy (non-hydrogen) atoms. The second-order valence-corrected chi connectivity index (χ2v) is 8.95. The van der Waals surface area contributed by atoms with Crippen molar-refractivity contribution >= 4 is 56.8 Å². The highest BCUT2D eigenvalue weighted by molar-refractivity contribution is 9.10. The third-order valence-corrected chi connectivity index (χ3v) is 6.11. The molecule has 3 rings (SSSR count). The zero-order chi connectivity index (χ0) is 24.7. The van der Waals surface area contributed by atoms with Crippen molar-refractivity contribution in [3.63, 3.8) is 0 Å². The van der Waals surface area contributed by atoms with Crippen molar-refractivity contribution in [2.75, 3.05) is 11.9 Å². The fraction of sp³-hybridized carbons (Fsp3) is 0.154. The molecular formula is C26H21BrCl2N2O3. The minimum absolute atomic E-state index is 0.0744. The number of hydrogen-bond donors (Lipinski definition) is 1. The van der Waals surface area contributed by atoms with Crippen LogP contribution in [0.1, 0.15) is 23.6 Å². The molecule has 0 bridgehead atoms. The van der Waals surface area contributed by atoms with Crippen LogP contribution in [0.25, 0.3) is 6.08 Å². The van der Waals surface area contributed by atoms with Crippen molar-refractivity contribution in [1.29, 1.82) is 5.26 Å². The SMILES string of the molecule is CCOc1cc(/C=C(/C#N)C(=O)Nc2ccc(C)c(Cl)c2)c(Br)cc1OCc1ccc(Cl)cc1. The molecule has 0 saturated carbocycles. The van der Waals surface area contributed by atoms with E-state index < -0.39 is 5.91 Å².